The van der Waals surface area contributed by atoms with Crippen LogP contribution in [0.5, 0.6) is 5.75 Å². The Morgan fingerprint density at radius 3 is 2.56 bits per heavy atom. The second-order valence-corrected chi connectivity index (χ2v) is 3.48. The van der Waals surface area contributed by atoms with Gasteiger partial charge in [-0.1, -0.05) is 6.08 Å². The summed E-state index contributed by atoms with van der Waals surface area (Å²) in [6.07, 6.45) is 1.52. The Kier molecular flexibility index (Phi) is 5.10. The smallest absolute Gasteiger partial charge is 0.387 e. The van der Waals surface area contributed by atoms with Crippen LogP contribution in [0, 0.1) is 0 Å². The van der Waals surface area contributed by atoms with Crippen LogP contribution in [-0.2, 0) is 4.79 Å². The largest absolute Gasteiger partial charge is 0.478 e. The molecule has 0 aliphatic heterocycles. The van der Waals surface area contributed by atoms with Crippen LogP contribution in [0.2, 0.25) is 0 Å². The van der Waals surface area contributed by atoms with Crippen molar-refractivity contribution in [3.8, 4) is 5.75 Å². The second kappa shape index (κ2) is 6.58. The summed E-state index contributed by atoms with van der Waals surface area (Å²) in [6, 6.07) is 5.95. The minimum Gasteiger partial charge on any atom is -0.478 e. The van der Waals surface area contributed by atoms with E-state index in [-0.39, 0.29) is 11.3 Å². The van der Waals surface area contributed by atoms with Crippen LogP contribution in [0.25, 0.3) is 0 Å². The number of aliphatic carboxylic acids is 1. The van der Waals surface area contributed by atoms with Crippen molar-refractivity contribution in [2.75, 3.05) is 11.9 Å². The van der Waals surface area contributed by atoms with E-state index in [0.717, 1.165) is 0 Å². The van der Waals surface area contributed by atoms with Crippen LogP contribution in [0.4, 0.5) is 14.5 Å². The minimum absolute atomic E-state index is 0.0767. The van der Waals surface area contributed by atoms with E-state index in [1.165, 1.54) is 25.1 Å². The number of benzene rings is 1. The van der Waals surface area contributed by atoms with Gasteiger partial charge in [0.15, 0.2) is 0 Å². The zero-order chi connectivity index (χ0) is 13.5. The van der Waals surface area contributed by atoms with Crippen molar-refractivity contribution in [3.63, 3.8) is 0 Å². The molecule has 4 nitrogen and oxygen atoms in total. The first-order valence-corrected chi connectivity index (χ1v) is 5.18. The number of hydrogen-bond donors (Lipinski definition) is 2. The quantitative estimate of drug-likeness (QED) is 0.769. The summed E-state index contributed by atoms with van der Waals surface area (Å²) >= 11 is 0. The van der Waals surface area contributed by atoms with Crippen LogP contribution in [0.15, 0.2) is 35.9 Å². The first-order chi connectivity index (χ1) is 8.49. The Morgan fingerprint density at radius 2 is 2.06 bits per heavy atom. The van der Waals surface area contributed by atoms with Gasteiger partial charge in [-0.25, -0.2) is 4.79 Å². The average Bonchev–Trinajstić information content (AvgIpc) is 2.30. The summed E-state index contributed by atoms with van der Waals surface area (Å²) in [6.45, 7) is -1.01. The summed E-state index contributed by atoms with van der Waals surface area (Å²) in [7, 11) is 0. The van der Waals surface area contributed by atoms with E-state index in [1.807, 2.05) is 0 Å². The maximum Gasteiger partial charge on any atom is 0.387 e. The molecule has 0 saturated heterocycles. The number of ether oxygens (including phenoxy) is 1. The van der Waals surface area contributed by atoms with Crippen LogP contribution in [-0.4, -0.2) is 24.2 Å². The van der Waals surface area contributed by atoms with Crippen LogP contribution in [0.1, 0.15) is 6.92 Å². The van der Waals surface area contributed by atoms with Gasteiger partial charge in [-0.15, -0.1) is 0 Å². The molecule has 0 unspecified atom stereocenters. The van der Waals surface area contributed by atoms with Crippen molar-refractivity contribution in [3.05, 3.63) is 35.9 Å². The summed E-state index contributed by atoms with van der Waals surface area (Å²) in [5.74, 6) is -0.898. The highest BCUT2D eigenvalue weighted by Crippen LogP contribution is 2.17. The molecule has 6 heteroatoms. The van der Waals surface area contributed by atoms with E-state index < -0.39 is 12.6 Å². The van der Waals surface area contributed by atoms with Crippen molar-refractivity contribution in [2.24, 2.45) is 0 Å². The number of anilines is 1. The van der Waals surface area contributed by atoms with Gasteiger partial charge < -0.3 is 15.2 Å². The molecule has 2 N–H and O–H groups in total. The molecule has 0 aliphatic rings. The number of rotatable bonds is 6. The van der Waals surface area contributed by atoms with Crippen LogP contribution in [0.3, 0.4) is 0 Å². The van der Waals surface area contributed by atoms with Crippen molar-refractivity contribution >= 4 is 11.7 Å². The van der Waals surface area contributed by atoms with Gasteiger partial charge in [-0.05, 0) is 31.2 Å². The van der Waals surface area contributed by atoms with E-state index >= 15 is 0 Å². The van der Waals surface area contributed by atoms with Gasteiger partial charge in [-0.3, -0.25) is 0 Å². The molecule has 0 fully saturated rings. The first kappa shape index (κ1) is 14.0. The third-order valence-corrected chi connectivity index (χ3v) is 2.13. The number of alkyl halides is 2. The number of carbonyl (C=O) groups is 1. The molecule has 1 aromatic rings. The Bertz CT molecular complexity index is 429. The standard InChI is InChI=1S/C12H13F2NO3/c1-8(11(16)17)6-7-15-9-2-4-10(5-3-9)18-12(13)14/h2-6,12,15H,7H2,1H3,(H,16,17)/b8-6-. The third kappa shape index (κ3) is 4.82. The molecule has 0 radical (unpaired) electrons. The number of carboxylic acid groups (broad SMARTS) is 1. The Balaban J connectivity index is 2.49. The lowest BCUT2D eigenvalue weighted by Crippen LogP contribution is -2.04. The monoisotopic (exact) mass is 257 g/mol. The lowest BCUT2D eigenvalue weighted by Gasteiger charge is -2.06. The normalized spacial score (nSPS) is 11.4. The zero-order valence-corrected chi connectivity index (χ0v) is 9.69. The molecule has 1 aromatic carbocycles. The molecular weight excluding hydrogens is 244 g/mol. The summed E-state index contributed by atoms with van der Waals surface area (Å²) in [5, 5.41) is 11.5. The molecule has 0 saturated carbocycles. The van der Waals surface area contributed by atoms with E-state index in [2.05, 4.69) is 10.1 Å². The topological polar surface area (TPSA) is 58.6 Å². The average molecular weight is 257 g/mol. The molecule has 18 heavy (non-hydrogen) atoms. The predicted octanol–water partition coefficient (Wildman–Crippen LogP) is 2.73. The lowest BCUT2D eigenvalue weighted by molar-refractivity contribution is -0.132. The van der Waals surface area contributed by atoms with Gasteiger partial charge in [0.2, 0.25) is 0 Å². The molecule has 1 rings (SSSR count). The van der Waals surface area contributed by atoms with Gasteiger partial charge in [0, 0.05) is 17.8 Å². The van der Waals surface area contributed by atoms with E-state index in [1.54, 1.807) is 12.1 Å². The molecule has 0 aliphatic carbocycles. The summed E-state index contributed by atoms with van der Waals surface area (Å²) in [4.78, 5) is 10.5. The zero-order valence-electron chi connectivity index (χ0n) is 9.69. The van der Waals surface area contributed by atoms with Gasteiger partial charge in [-0.2, -0.15) is 8.78 Å². The number of halogens is 2. The molecule has 0 bridgehead atoms. The van der Waals surface area contributed by atoms with Crippen molar-refractivity contribution in [2.45, 2.75) is 13.5 Å². The molecule has 0 aromatic heterocycles. The Hall–Kier alpha value is -2.11. The maximum atomic E-state index is 11.9. The highest BCUT2D eigenvalue weighted by atomic mass is 19.3. The third-order valence-electron chi connectivity index (χ3n) is 2.13. The fraction of sp³-hybridized carbons (Fsp3) is 0.250. The van der Waals surface area contributed by atoms with E-state index in [9.17, 15) is 13.6 Å². The Labute approximate surface area is 103 Å². The molecule has 0 atom stereocenters. The number of hydrogen-bond acceptors (Lipinski definition) is 3. The molecule has 98 valence electrons. The van der Waals surface area contributed by atoms with Crippen LogP contribution < -0.4 is 10.1 Å². The lowest BCUT2D eigenvalue weighted by atomic mass is 10.2. The van der Waals surface area contributed by atoms with E-state index in [0.29, 0.717) is 12.2 Å². The van der Waals surface area contributed by atoms with Gasteiger partial charge in [0.05, 0.1) is 0 Å². The maximum absolute atomic E-state index is 11.9. The SMILES string of the molecule is C/C(=C/CNc1ccc(OC(F)F)cc1)C(=O)O. The number of carboxylic acids is 1. The van der Waals surface area contributed by atoms with Crippen LogP contribution >= 0.6 is 0 Å². The molecule has 0 amide bonds. The molecular formula is C12H13F2NO3. The molecule has 0 spiro atoms. The Morgan fingerprint density at radius 1 is 1.44 bits per heavy atom. The fourth-order valence-electron chi connectivity index (χ4n) is 1.16. The second-order valence-electron chi connectivity index (χ2n) is 3.48. The highest BCUT2D eigenvalue weighted by molar-refractivity contribution is 5.85. The first-order valence-electron chi connectivity index (χ1n) is 5.18. The van der Waals surface area contributed by atoms with Gasteiger partial charge in [0.25, 0.3) is 0 Å². The predicted molar refractivity (Wildman–Crippen MR) is 63.0 cm³/mol. The molecule has 0 heterocycles. The highest BCUT2D eigenvalue weighted by Gasteiger charge is 2.03. The minimum atomic E-state index is -2.84. The fourth-order valence-corrected chi connectivity index (χ4v) is 1.16. The van der Waals surface area contributed by atoms with Crippen molar-refractivity contribution in [1.82, 2.24) is 0 Å². The van der Waals surface area contributed by atoms with Gasteiger partial charge >= 0.3 is 12.6 Å². The number of nitrogens with one attached hydrogen (secondary N) is 1. The summed E-state index contributed by atoms with van der Waals surface area (Å²) in [5.41, 5.74) is 0.922. The van der Waals surface area contributed by atoms with Crippen molar-refractivity contribution < 1.29 is 23.4 Å². The van der Waals surface area contributed by atoms with Crippen molar-refractivity contribution in [1.29, 1.82) is 0 Å². The summed E-state index contributed by atoms with van der Waals surface area (Å²) < 4.78 is 28.0. The van der Waals surface area contributed by atoms with E-state index in [4.69, 9.17) is 5.11 Å². The van der Waals surface area contributed by atoms with Gasteiger partial charge in [0.1, 0.15) is 5.75 Å².